The quantitative estimate of drug-likeness (QED) is 0.854. The molecule has 1 aliphatic rings. The van der Waals surface area contributed by atoms with Gasteiger partial charge in [0.05, 0.1) is 12.2 Å². The van der Waals surface area contributed by atoms with Crippen LogP contribution in [0.4, 0.5) is 0 Å². The molecule has 0 spiro atoms. The number of rotatable bonds is 5. The monoisotopic (exact) mass is 360 g/mol. The van der Waals surface area contributed by atoms with E-state index in [4.69, 9.17) is 4.74 Å². The maximum absolute atomic E-state index is 12.6. The van der Waals surface area contributed by atoms with Gasteiger partial charge in [0, 0.05) is 30.7 Å². The van der Waals surface area contributed by atoms with Gasteiger partial charge in [0.25, 0.3) is 5.91 Å². The first kappa shape index (κ1) is 20.9. The van der Waals surface area contributed by atoms with Crippen LogP contribution in [-0.2, 0) is 11.3 Å². The van der Waals surface area contributed by atoms with E-state index in [2.05, 4.69) is 70.8 Å². The zero-order chi connectivity index (χ0) is 19.5. The zero-order valence-electron chi connectivity index (χ0n) is 17.6. The first-order chi connectivity index (χ1) is 11.9. The molecule has 2 rings (SSSR count). The number of nitrogens with one attached hydrogen (secondary N) is 1. The minimum absolute atomic E-state index is 0.000540. The fraction of sp³-hybridized carbons (Fsp3) is 0.682. The molecule has 4 heteroatoms. The third-order valence-electron chi connectivity index (χ3n) is 4.54. The van der Waals surface area contributed by atoms with Crippen molar-refractivity contribution >= 4 is 5.91 Å². The summed E-state index contributed by atoms with van der Waals surface area (Å²) < 4.78 is 5.79. The van der Waals surface area contributed by atoms with Gasteiger partial charge in [-0.25, -0.2) is 0 Å². The van der Waals surface area contributed by atoms with Crippen molar-refractivity contribution in [2.75, 3.05) is 13.1 Å². The Labute approximate surface area is 159 Å². The third kappa shape index (κ3) is 6.73. The summed E-state index contributed by atoms with van der Waals surface area (Å²) in [6.07, 6.45) is 1.47. The van der Waals surface area contributed by atoms with Crippen LogP contribution in [0.2, 0.25) is 0 Å². The van der Waals surface area contributed by atoms with Crippen LogP contribution in [0, 0.1) is 5.41 Å². The summed E-state index contributed by atoms with van der Waals surface area (Å²) in [7, 11) is 0. The summed E-state index contributed by atoms with van der Waals surface area (Å²) in [4.78, 5) is 15.0. The molecule has 1 aromatic carbocycles. The highest BCUT2D eigenvalue weighted by Gasteiger charge is 2.27. The average molecular weight is 361 g/mol. The molecule has 146 valence electrons. The van der Waals surface area contributed by atoms with Crippen molar-refractivity contribution < 1.29 is 9.53 Å². The number of carbonyl (C=O) groups excluding carboxylic acids is 1. The Morgan fingerprint density at radius 1 is 1.08 bits per heavy atom. The van der Waals surface area contributed by atoms with Gasteiger partial charge in [0.2, 0.25) is 0 Å². The third-order valence-corrected chi connectivity index (χ3v) is 4.54. The van der Waals surface area contributed by atoms with E-state index in [0.29, 0.717) is 0 Å². The molecule has 0 bridgehead atoms. The molecule has 0 saturated carbocycles. The van der Waals surface area contributed by atoms with E-state index in [1.165, 1.54) is 5.56 Å². The smallest absolute Gasteiger partial charge is 0.251 e. The van der Waals surface area contributed by atoms with Crippen molar-refractivity contribution in [3.63, 3.8) is 0 Å². The van der Waals surface area contributed by atoms with Gasteiger partial charge in [-0.15, -0.1) is 0 Å². The predicted octanol–water partition coefficient (Wildman–Crippen LogP) is 4.24. The minimum Gasteiger partial charge on any atom is -0.373 e. The molecule has 4 nitrogen and oxygen atoms in total. The van der Waals surface area contributed by atoms with Gasteiger partial charge < -0.3 is 10.1 Å². The summed E-state index contributed by atoms with van der Waals surface area (Å²) in [6, 6.07) is 8.00. The predicted molar refractivity (Wildman–Crippen MR) is 107 cm³/mol. The Hall–Kier alpha value is -1.39. The number of benzene rings is 1. The summed E-state index contributed by atoms with van der Waals surface area (Å²) in [6.45, 7) is 17.8. The first-order valence-electron chi connectivity index (χ1n) is 9.73. The van der Waals surface area contributed by atoms with E-state index in [0.717, 1.165) is 31.6 Å². The highest BCUT2D eigenvalue weighted by atomic mass is 16.5. The molecule has 1 saturated heterocycles. The molecule has 1 aliphatic heterocycles. The van der Waals surface area contributed by atoms with Crippen molar-refractivity contribution in [1.29, 1.82) is 0 Å². The van der Waals surface area contributed by atoms with Gasteiger partial charge in [-0.3, -0.25) is 9.69 Å². The Balaban J connectivity index is 1.95. The van der Waals surface area contributed by atoms with E-state index < -0.39 is 0 Å². The van der Waals surface area contributed by atoms with Gasteiger partial charge in [-0.05, 0) is 57.2 Å². The summed E-state index contributed by atoms with van der Waals surface area (Å²) in [5, 5.41) is 3.18. The molecular formula is C22H36N2O2. The average Bonchev–Trinajstić information content (AvgIpc) is 2.43. The Kier molecular flexibility index (Phi) is 6.51. The highest BCUT2D eigenvalue weighted by Crippen LogP contribution is 2.27. The second-order valence-corrected chi connectivity index (χ2v) is 9.72. The van der Waals surface area contributed by atoms with Crippen molar-refractivity contribution in [3.05, 3.63) is 35.4 Å². The van der Waals surface area contributed by atoms with Gasteiger partial charge in [0.1, 0.15) is 0 Å². The van der Waals surface area contributed by atoms with Crippen LogP contribution in [0.5, 0.6) is 0 Å². The van der Waals surface area contributed by atoms with Crippen LogP contribution in [0.25, 0.3) is 0 Å². The number of amides is 1. The molecular weight excluding hydrogens is 324 g/mol. The largest absolute Gasteiger partial charge is 0.373 e. The maximum atomic E-state index is 12.6. The molecule has 2 unspecified atom stereocenters. The Morgan fingerprint density at radius 2 is 1.62 bits per heavy atom. The lowest BCUT2D eigenvalue weighted by atomic mass is 9.81. The molecule has 0 aliphatic carbocycles. The second-order valence-electron chi connectivity index (χ2n) is 9.72. The topological polar surface area (TPSA) is 41.6 Å². The van der Waals surface area contributed by atoms with E-state index in [-0.39, 0.29) is 29.1 Å². The van der Waals surface area contributed by atoms with E-state index >= 15 is 0 Å². The molecule has 0 radical (unpaired) electrons. The molecule has 0 aromatic heterocycles. The summed E-state index contributed by atoms with van der Waals surface area (Å²) in [5.74, 6) is -0.000540. The van der Waals surface area contributed by atoms with Crippen molar-refractivity contribution in [2.24, 2.45) is 5.41 Å². The van der Waals surface area contributed by atoms with Gasteiger partial charge in [-0.1, -0.05) is 32.9 Å². The fourth-order valence-corrected chi connectivity index (χ4v) is 4.18. The number of morpholine rings is 1. The lowest BCUT2D eigenvalue weighted by molar-refractivity contribution is -0.0704. The Bertz CT molecular complexity index is 592. The number of nitrogens with zero attached hydrogens (tertiary/aromatic N) is 1. The number of hydrogen-bond acceptors (Lipinski definition) is 3. The summed E-state index contributed by atoms with van der Waals surface area (Å²) >= 11 is 0. The maximum Gasteiger partial charge on any atom is 0.251 e. The fourth-order valence-electron chi connectivity index (χ4n) is 4.18. The van der Waals surface area contributed by atoms with Crippen LogP contribution in [0.15, 0.2) is 24.3 Å². The van der Waals surface area contributed by atoms with Gasteiger partial charge >= 0.3 is 0 Å². The standard InChI is InChI=1S/C22H36N2O2/c1-16-12-24(13-17(2)26-16)14-18-8-10-19(11-9-18)20(25)23-22(6,7)15-21(3,4)5/h8-11,16-17H,12-15H2,1-7H3,(H,23,25). The van der Waals surface area contributed by atoms with Crippen LogP contribution in [-0.4, -0.2) is 41.6 Å². The lowest BCUT2D eigenvalue weighted by Gasteiger charge is -2.35. The second kappa shape index (κ2) is 8.10. The van der Waals surface area contributed by atoms with E-state index in [1.54, 1.807) is 0 Å². The minimum atomic E-state index is -0.228. The number of carbonyl (C=O) groups is 1. The van der Waals surface area contributed by atoms with E-state index in [9.17, 15) is 4.79 Å². The summed E-state index contributed by atoms with van der Waals surface area (Å²) in [5.41, 5.74) is 1.90. The van der Waals surface area contributed by atoms with Crippen LogP contribution in [0.3, 0.4) is 0 Å². The first-order valence-corrected chi connectivity index (χ1v) is 9.73. The molecule has 1 N–H and O–H groups in total. The van der Waals surface area contributed by atoms with Crippen LogP contribution in [0.1, 0.15) is 70.8 Å². The Morgan fingerprint density at radius 3 is 2.12 bits per heavy atom. The molecule has 1 aromatic rings. The molecule has 26 heavy (non-hydrogen) atoms. The molecule has 2 atom stereocenters. The highest BCUT2D eigenvalue weighted by molar-refractivity contribution is 5.94. The van der Waals surface area contributed by atoms with Gasteiger partial charge in [-0.2, -0.15) is 0 Å². The van der Waals surface area contributed by atoms with E-state index in [1.807, 2.05) is 12.1 Å². The lowest BCUT2D eigenvalue weighted by Crippen LogP contribution is -2.45. The molecule has 1 fully saturated rings. The molecule has 1 amide bonds. The molecule has 1 heterocycles. The number of hydrogen-bond donors (Lipinski definition) is 1. The normalized spacial score (nSPS) is 22.3. The van der Waals surface area contributed by atoms with Crippen molar-refractivity contribution in [2.45, 2.75) is 79.2 Å². The van der Waals surface area contributed by atoms with Crippen molar-refractivity contribution in [1.82, 2.24) is 10.2 Å². The number of ether oxygens (including phenoxy) is 1. The van der Waals surface area contributed by atoms with Gasteiger partial charge in [0.15, 0.2) is 0 Å². The zero-order valence-corrected chi connectivity index (χ0v) is 17.6. The van der Waals surface area contributed by atoms with Crippen LogP contribution >= 0.6 is 0 Å². The van der Waals surface area contributed by atoms with Crippen LogP contribution < -0.4 is 5.32 Å². The SMILES string of the molecule is CC1CN(Cc2ccc(C(=O)NC(C)(C)CC(C)(C)C)cc2)CC(C)O1. The van der Waals surface area contributed by atoms with Crippen molar-refractivity contribution in [3.8, 4) is 0 Å².